The molecule has 1 aromatic heterocycles. The lowest BCUT2D eigenvalue weighted by atomic mass is 10.1. The molecule has 2 aromatic rings. The van der Waals surface area contributed by atoms with Crippen molar-refractivity contribution in [2.24, 2.45) is 0 Å². The van der Waals surface area contributed by atoms with E-state index in [4.69, 9.17) is 5.26 Å². The van der Waals surface area contributed by atoms with Crippen molar-refractivity contribution in [1.29, 1.82) is 5.26 Å². The number of aryl methyl sites for hydroxylation is 1. The van der Waals surface area contributed by atoms with Crippen molar-refractivity contribution in [3.8, 4) is 17.3 Å². The average Bonchev–Trinajstić information content (AvgIpc) is 2.29. The number of benzene rings is 1. The number of rotatable bonds is 1. The Balaban J connectivity index is 2.55. The highest BCUT2D eigenvalue weighted by Crippen LogP contribution is 2.16. The molecule has 0 saturated carbocycles. The zero-order valence-electron chi connectivity index (χ0n) is 8.31. The van der Waals surface area contributed by atoms with Gasteiger partial charge in [-0.15, -0.1) is 0 Å². The first-order chi connectivity index (χ1) is 7.29. The van der Waals surface area contributed by atoms with Gasteiger partial charge in [-0.2, -0.15) is 5.26 Å². The Labute approximate surface area is 88.1 Å². The Morgan fingerprint density at radius 1 is 1.13 bits per heavy atom. The number of hydrogen-bond donors (Lipinski definition) is 0. The molecule has 0 bridgehead atoms. The molecule has 0 spiro atoms. The summed E-state index contributed by atoms with van der Waals surface area (Å²) >= 11 is 0. The largest absolute Gasteiger partial charge is 0.232 e. The molecule has 2 rings (SSSR count). The van der Waals surface area contributed by atoms with Crippen LogP contribution in [0.15, 0.2) is 36.4 Å². The second-order valence-corrected chi connectivity index (χ2v) is 3.20. The van der Waals surface area contributed by atoms with Gasteiger partial charge in [0.05, 0.1) is 5.69 Å². The van der Waals surface area contributed by atoms with Crippen LogP contribution in [-0.2, 0) is 0 Å². The molecule has 0 aliphatic carbocycles. The summed E-state index contributed by atoms with van der Waals surface area (Å²) in [5.74, 6) is 0.217. The minimum absolute atomic E-state index is 0.217. The molecular formula is C12H9N3. The lowest BCUT2D eigenvalue weighted by Gasteiger charge is -2.01. The van der Waals surface area contributed by atoms with Gasteiger partial charge >= 0.3 is 0 Å². The van der Waals surface area contributed by atoms with Crippen molar-refractivity contribution < 1.29 is 0 Å². The number of nitriles is 1. The lowest BCUT2D eigenvalue weighted by molar-refractivity contribution is 1.06. The maximum atomic E-state index is 8.76. The highest BCUT2D eigenvalue weighted by Gasteiger charge is 2.02. The maximum Gasteiger partial charge on any atom is 0.232 e. The Morgan fingerprint density at radius 3 is 2.53 bits per heavy atom. The molecule has 0 unspecified atom stereocenters. The SMILES string of the molecule is Cc1cc(-c2ccccc2)nc(C#N)n1. The quantitative estimate of drug-likeness (QED) is 0.701. The molecule has 0 saturated heterocycles. The molecule has 3 nitrogen and oxygen atoms in total. The maximum absolute atomic E-state index is 8.76. The summed E-state index contributed by atoms with van der Waals surface area (Å²) in [6, 6.07) is 13.6. The predicted octanol–water partition coefficient (Wildman–Crippen LogP) is 2.32. The van der Waals surface area contributed by atoms with Crippen LogP contribution >= 0.6 is 0 Å². The fourth-order valence-corrected chi connectivity index (χ4v) is 1.38. The molecule has 0 aliphatic heterocycles. The van der Waals surface area contributed by atoms with E-state index in [9.17, 15) is 0 Å². The smallest absolute Gasteiger partial charge is 0.224 e. The second-order valence-electron chi connectivity index (χ2n) is 3.20. The predicted molar refractivity (Wildman–Crippen MR) is 56.9 cm³/mol. The van der Waals surface area contributed by atoms with Crippen molar-refractivity contribution >= 4 is 0 Å². The molecule has 0 fully saturated rings. The highest BCUT2D eigenvalue weighted by molar-refractivity contribution is 5.59. The van der Waals surface area contributed by atoms with Crippen LogP contribution < -0.4 is 0 Å². The third-order valence-electron chi connectivity index (χ3n) is 2.02. The lowest BCUT2D eigenvalue weighted by Crippen LogP contribution is -1.94. The standard InChI is InChI=1S/C12H9N3/c1-9-7-11(15-12(8-13)14-9)10-5-3-2-4-6-10/h2-7H,1H3. The first kappa shape index (κ1) is 9.35. The summed E-state index contributed by atoms with van der Waals surface area (Å²) < 4.78 is 0. The van der Waals surface area contributed by atoms with E-state index in [0.29, 0.717) is 0 Å². The van der Waals surface area contributed by atoms with E-state index in [0.717, 1.165) is 17.0 Å². The van der Waals surface area contributed by atoms with E-state index in [1.807, 2.05) is 49.4 Å². The molecular weight excluding hydrogens is 186 g/mol. The van der Waals surface area contributed by atoms with Gasteiger partial charge in [0.2, 0.25) is 5.82 Å². The Morgan fingerprint density at radius 2 is 1.87 bits per heavy atom. The van der Waals surface area contributed by atoms with Gasteiger partial charge < -0.3 is 0 Å². The fourth-order valence-electron chi connectivity index (χ4n) is 1.38. The molecule has 3 heteroatoms. The van der Waals surface area contributed by atoms with Crippen LogP contribution in [0, 0.1) is 18.3 Å². The van der Waals surface area contributed by atoms with Crippen LogP contribution in [0.25, 0.3) is 11.3 Å². The average molecular weight is 195 g/mol. The minimum atomic E-state index is 0.217. The molecule has 0 aliphatic rings. The first-order valence-electron chi connectivity index (χ1n) is 4.61. The van der Waals surface area contributed by atoms with E-state index in [1.165, 1.54) is 0 Å². The third-order valence-corrected chi connectivity index (χ3v) is 2.02. The third kappa shape index (κ3) is 2.00. The van der Waals surface area contributed by atoms with Gasteiger partial charge in [0.1, 0.15) is 6.07 Å². The number of nitrogens with zero attached hydrogens (tertiary/aromatic N) is 3. The van der Waals surface area contributed by atoms with E-state index >= 15 is 0 Å². The highest BCUT2D eigenvalue weighted by atomic mass is 14.9. The summed E-state index contributed by atoms with van der Waals surface area (Å²) in [6.45, 7) is 1.86. The van der Waals surface area contributed by atoms with Gasteiger partial charge in [-0.3, -0.25) is 0 Å². The summed E-state index contributed by atoms with van der Waals surface area (Å²) in [4.78, 5) is 8.16. The normalized spacial score (nSPS) is 9.60. The van der Waals surface area contributed by atoms with E-state index < -0.39 is 0 Å². The molecule has 0 atom stereocenters. The molecule has 0 amide bonds. The van der Waals surface area contributed by atoms with Crippen LogP contribution in [-0.4, -0.2) is 9.97 Å². The summed E-state index contributed by atoms with van der Waals surface area (Å²) in [5.41, 5.74) is 2.60. The van der Waals surface area contributed by atoms with Gasteiger partial charge in [0.25, 0.3) is 0 Å². The number of aromatic nitrogens is 2. The first-order valence-corrected chi connectivity index (χ1v) is 4.61. The van der Waals surface area contributed by atoms with Crippen molar-refractivity contribution in [2.45, 2.75) is 6.92 Å². The molecule has 1 aromatic carbocycles. The van der Waals surface area contributed by atoms with Crippen LogP contribution in [0.4, 0.5) is 0 Å². The van der Waals surface area contributed by atoms with Gasteiger partial charge in [-0.1, -0.05) is 30.3 Å². The zero-order chi connectivity index (χ0) is 10.7. The summed E-state index contributed by atoms with van der Waals surface area (Å²) in [7, 11) is 0. The van der Waals surface area contributed by atoms with Gasteiger partial charge in [0.15, 0.2) is 0 Å². The Kier molecular flexibility index (Phi) is 2.42. The van der Waals surface area contributed by atoms with E-state index in [1.54, 1.807) is 0 Å². The molecule has 72 valence electrons. The molecule has 1 heterocycles. The van der Waals surface area contributed by atoms with Gasteiger partial charge in [-0.05, 0) is 13.0 Å². The Hall–Kier alpha value is -2.21. The van der Waals surface area contributed by atoms with E-state index in [2.05, 4.69) is 9.97 Å². The monoisotopic (exact) mass is 195 g/mol. The van der Waals surface area contributed by atoms with Crippen molar-refractivity contribution in [3.63, 3.8) is 0 Å². The zero-order valence-corrected chi connectivity index (χ0v) is 8.31. The van der Waals surface area contributed by atoms with Gasteiger partial charge in [0, 0.05) is 11.3 Å². The topological polar surface area (TPSA) is 49.6 Å². The molecule has 15 heavy (non-hydrogen) atoms. The Bertz CT molecular complexity index is 512. The minimum Gasteiger partial charge on any atom is -0.224 e. The second kappa shape index (κ2) is 3.89. The molecule has 0 N–H and O–H groups in total. The van der Waals surface area contributed by atoms with Crippen LogP contribution in [0.2, 0.25) is 0 Å². The molecule has 0 radical (unpaired) electrons. The summed E-state index contributed by atoms with van der Waals surface area (Å²) in [6.07, 6.45) is 0. The number of hydrogen-bond acceptors (Lipinski definition) is 3. The fraction of sp³-hybridized carbons (Fsp3) is 0.0833. The van der Waals surface area contributed by atoms with Gasteiger partial charge in [-0.25, -0.2) is 9.97 Å². The van der Waals surface area contributed by atoms with Crippen molar-refractivity contribution in [1.82, 2.24) is 9.97 Å². The van der Waals surface area contributed by atoms with E-state index in [-0.39, 0.29) is 5.82 Å². The van der Waals surface area contributed by atoms with Crippen LogP contribution in [0.3, 0.4) is 0 Å². The van der Waals surface area contributed by atoms with Crippen LogP contribution in [0.5, 0.6) is 0 Å². The van der Waals surface area contributed by atoms with Crippen molar-refractivity contribution in [2.75, 3.05) is 0 Å². The van der Waals surface area contributed by atoms with Crippen molar-refractivity contribution in [3.05, 3.63) is 47.9 Å². The van der Waals surface area contributed by atoms with Crippen LogP contribution in [0.1, 0.15) is 11.5 Å². The summed E-state index contributed by atoms with van der Waals surface area (Å²) in [5, 5.41) is 8.76.